The van der Waals surface area contributed by atoms with E-state index in [-0.39, 0.29) is 17.2 Å². The Morgan fingerprint density at radius 3 is 2.79 bits per heavy atom. The molecule has 0 saturated heterocycles. The number of anilines is 1. The molecule has 0 radical (unpaired) electrons. The number of nitrogens with zero attached hydrogens (tertiary/aromatic N) is 3. The van der Waals surface area contributed by atoms with Crippen LogP contribution in [0.15, 0.2) is 58.9 Å². The third-order valence-corrected chi connectivity index (χ3v) is 7.46. The quantitative estimate of drug-likeness (QED) is 0.434. The second-order valence-electron chi connectivity index (χ2n) is 9.80. The lowest BCUT2D eigenvalue weighted by atomic mass is 9.73. The summed E-state index contributed by atoms with van der Waals surface area (Å²) in [6.45, 7) is 8.50. The van der Waals surface area contributed by atoms with E-state index in [2.05, 4.69) is 51.2 Å². The number of nitrogens with one attached hydrogen (secondary N) is 1. The van der Waals surface area contributed by atoms with Gasteiger partial charge < -0.3 is 5.32 Å². The van der Waals surface area contributed by atoms with E-state index in [0.717, 1.165) is 29.0 Å². The number of aryl methyl sites for hydroxylation is 2. The Morgan fingerprint density at radius 2 is 2.00 bits per heavy atom. The Kier molecular flexibility index (Phi) is 5.61. The Morgan fingerprint density at radius 1 is 1.18 bits per heavy atom. The van der Waals surface area contributed by atoms with E-state index < -0.39 is 0 Å². The Bertz CT molecular complexity index is 1290. The third kappa shape index (κ3) is 4.34. The molecule has 0 saturated carbocycles. The summed E-state index contributed by atoms with van der Waals surface area (Å²) in [5, 5.41) is 9.62. The van der Waals surface area contributed by atoms with Crippen LogP contribution in [0, 0.1) is 19.3 Å². The minimum absolute atomic E-state index is 0.0930. The molecule has 1 N–H and O–H groups in total. The fourth-order valence-electron chi connectivity index (χ4n) is 4.73. The maximum Gasteiger partial charge on any atom is 0.227 e. The number of Topliss-reactive ketones (excluding diaryl/α,β-unsaturated/α-hetero) is 1. The lowest BCUT2D eigenvalue weighted by molar-refractivity contribution is -0.118. The van der Waals surface area contributed by atoms with E-state index >= 15 is 0 Å². The minimum Gasteiger partial charge on any atom is -0.328 e. The van der Waals surface area contributed by atoms with Crippen LogP contribution in [0.5, 0.6) is 0 Å². The van der Waals surface area contributed by atoms with Gasteiger partial charge in [-0.3, -0.25) is 4.79 Å². The molecule has 1 unspecified atom stereocenters. The number of allylic oxidation sites excluding steroid dienone is 2. The first-order valence-corrected chi connectivity index (χ1v) is 12.5. The van der Waals surface area contributed by atoms with E-state index in [0.29, 0.717) is 22.5 Å². The van der Waals surface area contributed by atoms with Crippen molar-refractivity contribution in [2.75, 3.05) is 5.32 Å². The fourth-order valence-corrected chi connectivity index (χ4v) is 5.82. The van der Waals surface area contributed by atoms with Crippen molar-refractivity contribution in [1.82, 2.24) is 14.8 Å². The van der Waals surface area contributed by atoms with Gasteiger partial charge in [-0.1, -0.05) is 73.1 Å². The SMILES string of the molecule is Cc1ccc(C)c(CSc2nc3n(n2)C(c2cccc(Cl)c2)C2=C(CC(C)(C)CC2=O)N3)c1. The van der Waals surface area contributed by atoms with Crippen molar-refractivity contribution < 1.29 is 4.79 Å². The van der Waals surface area contributed by atoms with Crippen LogP contribution in [-0.2, 0) is 10.5 Å². The first-order valence-electron chi connectivity index (χ1n) is 11.1. The molecule has 0 fully saturated rings. The molecule has 2 heterocycles. The van der Waals surface area contributed by atoms with Crippen molar-refractivity contribution in [1.29, 1.82) is 0 Å². The van der Waals surface area contributed by atoms with Crippen LogP contribution in [0.3, 0.4) is 0 Å². The maximum absolute atomic E-state index is 13.3. The highest BCUT2D eigenvalue weighted by Gasteiger charge is 2.41. The van der Waals surface area contributed by atoms with Crippen molar-refractivity contribution in [3.63, 3.8) is 0 Å². The molecule has 1 atom stereocenters. The van der Waals surface area contributed by atoms with Crippen molar-refractivity contribution >= 4 is 35.1 Å². The second-order valence-corrected chi connectivity index (χ2v) is 11.2. The first kappa shape index (κ1) is 22.2. The van der Waals surface area contributed by atoms with Gasteiger partial charge in [0.05, 0.1) is 0 Å². The maximum atomic E-state index is 13.3. The number of hydrogen-bond acceptors (Lipinski definition) is 5. The predicted molar refractivity (Wildman–Crippen MR) is 134 cm³/mol. The summed E-state index contributed by atoms with van der Waals surface area (Å²) in [7, 11) is 0. The van der Waals surface area contributed by atoms with Gasteiger partial charge in [0.1, 0.15) is 6.04 Å². The van der Waals surface area contributed by atoms with Gasteiger partial charge >= 0.3 is 0 Å². The zero-order valence-corrected chi connectivity index (χ0v) is 20.8. The zero-order valence-electron chi connectivity index (χ0n) is 19.3. The van der Waals surface area contributed by atoms with E-state index in [1.54, 1.807) is 11.8 Å². The Hall–Kier alpha value is -2.57. The molecule has 2 aliphatic rings. The summed E-state index contributed by atoms with van der Waals surface area (Å²) in [4.78, 5) is 18.1. The molecule has 170 valence electrons. The van der Waals surface area contributed by atoms with E-state index in [1.807, 2.05) is 28.9 Å². The summed E-state index contributed by atoms with van der Waals surface area (Å²) in [6.07, 6.45) is 1.31. The number of benzene rings is 2. The van der Waals surface area contributed by atoms with Crippen LogP contribution in [0.4, 0.5) is 5.95 Å². The molecule has 5 nitrogen and oxygen atoms in total. The number of fused-ring (bicyclic) bond motifs is 1. The summed E-state index contributed by atoms with van der Waals surface area (Å²) in [6, 6.07) is 13.9. The number of carbonyl (C=O) groups excluding carboxylic acids is 1. The molecular formula is C26H27ClN4OS. The standard InChI is InChI=1S/C26H27ClN4OS/c1-15-8-9-16(2)18(10-15)14-33-25-29-24-28-20-12-26(3,4)13-21(32)22(20)23(31(24)30-25)17-6-5-7-19(27)11-17/h5-11,23H,12-14H2,1-4H3,(H,28,29,30). The molecule has 1 aliphatic heterocycles. The number of rotatable bonds is 4. The van der Waals surface area contributed by atoms with Gasteiger partial charge in [-0.2, -0.15) is 4.98 Å². The third-order valence-electron chi connectivity index (χ3n) is 6.34. The van der Waals surface area contributed by atoms with E-state index in [1.165, 1.54) is 16.7 Å². The minimum atomic E-state index is -0.332. The molecule has 3 aromatic rings. The number of aromatic nitrogens is 3. The van der Waals surface area contributed by atoms with Crippen LogP contribution in [0.2, 0.25) is 5.02 Å². The van der Waals surface area contributed by atoms with Gasteiger partial charge in [-0.15, -0.1) is 5.10 Å². The average Bonchev–Trinajstić information content (AvgIpc) is 3.14. The monoisotopic (exact) mass is 478 g/mol. The molecule has 1 aliphatic carbocycles. The lowest BCUT2D eigenvalue weighted by Gasteiger charge is -2.38. The molecule has 2 aromatic carbocycles. The van der Waals surface area contributed by atoms with Crippen molar-refractivity contribution in [2.45, 2.75) is 57.5 Å². The van der Waals surface area contributed by atoms with Crippen molar-refractivity contribution in [3.8, 4) is 0 Å². The van der Waals surface area contributed by atoms with Gasteiger partial charge in [-0.05, 0) is 54.5 Å². The highest BCUT2D eigenvalue weighted by atomic mass is 35.5. The summed E-state index contributed by atoms with van der Waals surface area (Å²) in [5.41, 5.74) is 6.37. The first-order chi connectivity index (χ1) is 15.7. The molecule has 33 heavy (non-hydrogen) atoms. The van der Waals surface area contributed by atoms with E-state index in [4.69, 9.17) is 21.7 Å². The largest absolute Gasteiger partial charge is 0.328 e. The van der Waals surface area contributed by atoms with Crippen LogP contribution >= 0.6 is 23.4 Å². The zero-order chi connectivity index (χ0) is 23.3. The molecular weight excluding hydrogens is 452 g/mol. The molecule has 0 spiro atoms. The van der Waals surface area contributed by atoms with Crippen LogP contribution < -0.4 is 5.32 Å². The highest BCUT2D eigenvalue weighted by molar-refractivity contribution is 7.98. The number of hydrogen-bond donors (Lipinski definition) is 1. The highest BCUT2D eigenvalue weighted by Crippen LogP contribution is 2.46. The lowest BCUT2D eigenvalue weighted by Crippen LogP contribution is -2.36. The molecule has 1 aromatic heterocycles. The van der Waals surface area contributed by atoms with Crippen LogP contribution in [0.25, 0.3) is 0 Å². The van der Waals surface area contributed by atoms with Gasteiger partial charge in [0.2, 0.25) is 11.1 Å². The smallest absolute Gasteiger partial charge is 0.227 e. The number of thioether (sulfide) groups is 1. The van der Waals surface area contributed by atoms with Gasteiger partial charge in [-0.25, -0.2) is 4.68 Å². The number of carbonyl (C=O) groups is 1. The molecule has 5 rings (SSSR count). The fraction of sp³-hybridized carbons (Fsp3) is 0.346. The number of ketones is 1. The number of halogens is 1. The topological polar surface area (TPSA) is 59.8 Å². The Labute approximate surface area is 203 Å². The van der Waals surface area contributed by atoms with Gasteiger partial charge in [0.15, 0.2) is 5.78 Å². The molecule has 7 heteroatoms. The summed E-state index contributed by atoms with van der Waals surface area (Å²) >= 11 is 7.94. The predicted octanol–water partition coefficient (Wildman–Crippen LogP) is 6.50. The van der Waals surface area contributed by atoms with Gasteiger partial charge in [0, 0.05) is 28.5 Å². The van der Waals surface area contributed by atoms with Gasteiger partial charge in [0.25, 0.3) is 0 Å². The normalized spacial score (nSPS) is 19.2. The second kappa shape index (κ2) is 8.33. The van der Waals surface area contributed by atoms with Crippen LogP contribution in [-0.4, -0.2) is 20.5 Å². The summed E-state index contributed by atoms with van der Waals surface area (Å²) < 4.78 is 1.85. The van der Waals surface area contributed by atoms with E-state index in [9.17, 15) is 4.79 Å². The van der Waals surface area contributed by atoms with Crippen LogP contribution in [0.1, 0.15) is 55.0 Å². The molecule has 0 bridgehead atoms. The van der Waals surface area contributed by atoms with Crippen molar-refractivity contribution in [3.05, 3.63) is 81.0 Å². The average molecular weight is 479 g/mol. The molecule has 0 amide bonds. The summed E-state index contributed by atoms with van der Waals surface area (Å²) in [5.74, 6) is 1.62. The van der Waals surface area contributed by atoms with Crippen molar-refractivity contribution in [2.24, 2.45) is 5.41 Å². The Balaban J connectivity index is 1.53.